The van der Waals surface area contributed by atoms with E-state index in [0.717, 1.165) is 36.1 Å². The molecule has 3 rings (SSSR count). The normalized spacial score (nSPS) is 16.9. The van der Waals surface area contributed by atoms with E-state index in [1.54, 1.807) is 0 Å². The van der Waals surface area contributed by atoms with Crippen LogP contribution in [0.4, 0.5) is 0 Å². The molecule has 1 N–H and O–H groups in total. The van der Waals surface area contributed by atoms with Crippen LogP contribution in [-0.2, 0) is 13.0 Å². The van der Waals surface area contributed by atoms with E-state index in [2.05, 4.69) is 11.2 Å². The first-order valence-corrected chi connectivity index (χ1v) is 6.89. The van der Waals surface area contributed by atoms with Gasteiger partial charge in [-0.2, -0.15) is 10.4 Å². The maximum Gasteiger partial charge on any atom is 0.0991 e. The summed E-state index contributed by atoms with van der Waals surface area (Å²) < 4.78 is 2.05. The summed E-state index contributed by atoms with van der Waals surface area (Å²) in [6.07, 6.45) is 3.71. The Kier molecular flexibility index (Phi) is 3.29. The summed E-state index contributed by atoms with van der Waals surface area (Å²) in [4.78, 5) is 0. The van der Waals surface area contributed by atoms with Crippen LogP contribution in [0.1, 0.15) is 23.2 Å². The van der Waals surface area contributed by atoms with Gasteiger partial charge < -0.3 is 5.11 Å². The second-order valence-electron chi connectivity index (χ2n) is 5.41. The standard InChI is InChI=1S/C16H17N3O/c1-11-6-12(8-17)2-3-14(11)15-9-18-19-10-13(4-5-20)7-16(15)19/h2-3,6,9,13,20H,4-5,7,10H2,1H3. The quantitative estimate of drug-likeness (QED) is 0.928. The van der Waals surface area contributed by atoms with E-state index >= 15 is 0 Å². The van der Waals surface area contributed by atoms with Gasteiger partial charge in [-0.1, -0.05) is 6.07 Å². The maximum atomic E-state index is 9.07. The van der Waals surface area contributed by atoms with E-state index in [9.17, 15) is 0 Å². The van der Waals surface area contributed by atoms with Crippen molar-refractivity contribution in [2.24, 2.45) is 5.92 Å². The highest BCUT2D eigenvalue weighted by Gasteiger charge is 2.25. The molecule has 20 heavy (non-hydrogen) atoms. The van der Waals surface area contributed by atoms with Gasteiger partial charge in [0, 0.05) is 24.4 Å². The zero-order valence-corrected chi connectivity index (χ0v) is 11.5. The molecule has 0 fully saturated rings. The predicted molar refractivity (Wildman–Crippen MR) is 76.0 cm³/mol. The minimum absolute atomic E-state index is 0.237. The van der Waals surface area contributed by atoms with Crippen LogP contribution >= 0.6 is 0 Å². The summed E-state index contributed by atoms with van der Waals surface area (Å²) in [5, 5.41) is 22.5. The molecule has 4 nitrogen and oxygen atoms in total. The van der Waals surface area contributed by atoms with Gasteiger partial charge in [-0.15, -0.1) is 0 Å². The Morgan fingerprint density at radius 3 is 3.00 bits per heavy atom. The number of fused-ring (bicyclic) bond motifs is 1. The highest BCUT2D eigenvalue weighted by molar-refractivity contribution is 5.70. The van der Waals surface area contributed by atoms with Crippen LogP contribution in [0.3, 0.4) is 0 Å². The predicted octanol–water partition coefficient (Wildman–Crippen LogP) is 2.28. The van der Waals surface area contributed by atoms with Crippen molar-refractivity contribution in [2.45, 2.75) is 26.3 Å². The van der Waals surface area contributed by atoms with Gasteiger partial charge in [0.2, 0.25) is 0 Å². The van der Waals surface area contributed by atoms with Crippen molar-refractivity contribution in [1.82, 2.24) is 9.78 Å². The number of nitriles is 1. The molecule has 1 aromatic heterocycles. The smallest absolute Gasteiger partial charge is 0.0991 e. The molecule has 1 aliphatic rings. The third-order valence-corrected chi connectivity index (χ3v) is 4.04. The Bertz CT molecular complexity index is 682. The lowest BCUT2D eigenvalue weighted by Crippen LogP contribution is -2.05. The van der Waals surface area contributed by atoms with Gasteiger partial charge in [0.1, 0.15) is 0 Å². The molecule has 1 unspecified atom stereocenters. The van der Waals surface area contributed by atoms with Gasteiger partial charge in [-0.3, -0.25) is 4.68 Å². The van der Waals surface area contributed by atoms with Crippen LogP contribution < -0.4 is 0 Å². The Labute approximate surface area is 118 Å². The fraction of sp³-hybridized carbons (Fsp3) is 0.375. The molecule has 0 bridgehead atoms. The van der Waals surface area contributed by atoms with Crippen LogP contribution in [0.2, 0.25) is 0 Å². The van der Waals surface area contributed by atoms with Crippen molar-refractivity contribution in [3.63, 3.8) is 0 Å². The van der Waals surface area contributed by atoms with E-state index in [4.69, 9.17) is 10.4 Å². The summed E-state index contributed by atoms with van der Waals surface area (Å²) in [5.41, 5.74) is 5.34. The highest BCUT2D eigenvalue weighted by atomic mass is 16.3. The Balaban J connectivity index is 1.96. The van der Waals surface area contributed by atoms with Gasteiger partial charge in [0.15, 0.2) is 0 Å². The van der Waals surface area contributed by atoms with E-state index < -0.39 is 0 Å². The van der Waals surface area contributed by atoms with Crippen LogP contribution in [0.5, 0.6) is 0 Å². The molecule has 102 valence electrons. The van der Waals surface area contributed by atoms with E-state index in [1.807, 2.05) is 36.0 Å². The fourth-order valence-corrected chi connectivity index (χ4v) is 3.00. The number of aromatic nitrogens is 2. The molecule has 0 radical (unpaired) electrons. The summed E-state index contributed by atoms with van der Waals surface area (Å²) in [5.74, 6) is 0.487. The van der Waals surface area contributed by atoms with Gasteiger partial charge >= 0.3 is 0 Å². The minimum Gasteiger partial charge on any atom is -0.396 e. The Morgan fingerprint density at radius 1 is 1.45 bits per heavy atom. The first-order valence-electron chi connectivity index (χ1n) is 6.89. The first-order chi connectivity index (χ1) is 9.72. The number of aliphatic hydroxyl groups is 1. The fourth-order valence-electron chi connectivity index (χ4n) is 3.00. The molecule has 4 heteroatoms. The van der Waals surface area contributed by atoms with Crippen molar-refractivity contribution < 1.29 is 5.11 Å². The first kappa shape index (κ1) is 12.9. The maximum absolute atomic E-state index is 9.07. The summed E-state index contributed by atoms with van der Waals surface area (Å²) in [7, 11) is 0. The minimum atomic E-state index is 0.237. The molecule has 2 heterocycles. The SMILES string of the molecule is Cc1cc(C#N)ccc1-c1cnn2c1CC(CCO)C2. The average molecular weight is 267 g/mol. The number of hydrogen-bond acceptors (Lipinski definition) is 3. The Morgan fingerprint density at radius 2 is 2.30 bits per heavy atom. The molecule has 2 aromatic rings. The molecule has 0 spiro atoms. The van der Waals surface area contributed by atoms with Crippen molar-refractivity contribution in [3.8, 4) is 17.2 Å². The van der Waals surface area contributed by atoms with Crippen molar-refractivity contribution in [2.75, 3.05) is 6.61 Å². The average Bonchev–Trinajstić information content (AvgIpc) is 2.99. The van der Waals surface area contributed by atoms with Crippen molar-refractivity contribution in [1.29, 1.82) is 5.26 Å². The molecule has 0 aliphatic carbocycles. The van der Waals surface area contributed by atoms with E-state index in [-0.39, 0.29) is 6.61 Å². The molecule has 0 amide bonds. The van der Waals surface area contributed by atoms with Crippen molar-refractivity contribution in [3.05, 3.63) is 41.2 Å². The largest absolute Gasteiger partial charge is 0.396 e. The van der Waals surface area contributed by atoms with Crippen LogP contribution in [0, 0.1) is 24.2 Å². The van der Waals surface area contributed by atoms with Crippen molar-refractivity contribution >= 4 is 0 Å². The molecule has 1 atom stereocenters. The number of hydrogen-bond donors (Lipinski definition) is 1. The monoisotopic (exact) mass is 267 g/mol. The molecular weight excluding hydrogens is 250 g/mol. The van der Waals surface area contributed by atoms with Crippen LogP contribution in [0.25, 0.3) is 11.1 Å². The number of rotatable bonds is 3. The Hall–Kier alpha value is -2.12. The van der Waals surface area contributed by atoms with E-state index in [0.29, 0.717) is 11.5 Å². The van der Waals surface area contributed by atoms with Crippen LogP contribution in [-0.4, -0.2) is 21.5 Å². The zero-order chi connectivity index (χ0) is 14.1. The highest BCUT2D eigenvalue weighted by Crippen LogP contribution is 2.33. The second-order valence-corrected chi connectivity index (χ2v) is 5.41. The van der Waals surface area contributed by atoms with Gasteiger partial charge in [-0.25, -0.2) is 0 Å². The van der Waals surface area contributed by atoms with Crippen LogP contribution in [0.15, 0.2) is 24.4 Å². The topological polar surface area (TPSA) is 61.8 Å². The third kappa shape index (κ3) is 2.10. The second kappa shape index (κ2) is 5.10. The summed E-state index contributed by atoms with van der Waals surface area (Å²) >= 11 is 0. The molecular formula is C16H17N3O. The molecule has 1 aromatic carbocycles. The van der Waals surface area contributed by atoms with Gasteiger partial charge in [0.25, 0.3) is 0 Å². The number of aryl methyl sites for hydroxylation is 1. The molecule has 1 aliphatic heterocycles. The zero-order valence-electron chi connectivity index (χ0n) is 11.5. The third-order valence-electron chi connectivity index (χ3n) is 4.04. The number of aliphatic hydroxyl groups excluding tert-OH is 1. The van der Waals surface area contributed by atoms with E-state index in [1.165, 1.54) is 5.69 Å². The summed E-state index contributed by atoms with van der Waals surface area (Å²) in [6.45, 7) is 3.16. The lowest BCUT2D eigenvalue weighted by atomic mass is 9.96. The van der Waals surface area contributed by atoms with Gasteiger partial charge in [-0.05, 0) is 48.9 Å². The number of nitrogens with zero attached hydrogens (tertiary/aromatic N) is 3. The van der Waals surface area contributed by atoms with Gasteiger partial charge in [0.05, 0.1) is 17.8 Å². The molecule has 0 saturated heterocycles. The lowest BCUT2D eigenvalue weighted by Gasteiger charge is -2.07. The molecule has 0 saturated carbocycles. The number of benzene rings is 1. The summed E-state index contributed by atoms with van der Waals surface area (Å²) in [6, 6.07) is 7.94. The lowest BCUT2D eigenvalue weighted by molar-refractivity contribution is 0.254.